The van der Waals surface area contributed by atoms with Crippen LogP contribution in [-0.2, 0) is 22.3 Å². The molecule has 182 valence electrons. The molecule has 2 aromatic rings. The molecule has 33 heavy (non-hydrogen) atoms. The van der Waals surface area contributed by atoms with Crippen LogP contribution < -0.4 is 5.32 Å². The van der Waals surface area contributed by atoms with Crippen molar-refractivity contribution < 1.29 is 32.3 Å². The Morgan fingerprint density at radius 2 is 1.91 bits per heavy atom. The summed E-state index contributed by atoms with van der Waals surface area (Å²) in [5, 5.41) is 6.34. The Balaban J connectivity index is 2.30. The number of aryl methyl sites for hydroxylation is 1. The van der Waals surface area contributed by atoms with Gasteiger partial charge in [-0.15, -0.1) is 11.3 Å². The zero-order valence-electron chi connectivity index (χ0n) is 19.3. The van der Waals surface area contributed by atoms with Gasteiger partial charge in [-0.25, -0.2) is 4.79 Å². The summed E-state index contributed by atoms with van der Waals surface area (Å²) in [6, 6.07) is 0.911. The van der Waals surface area contributed by atoms with Crippen LogP contribution in [0.5, 0.6) is 0 Å². The van der Waals surface area contributed by atoms with Crippen LogP contribution in [-0.4, -0.2) is 53.2 Å². The van der Waals surface area contributed by atoms with Gasteiger partial charge in [0, 0.05) is 19.8 Å². The normalized spacial score (nSPS) is 12.4. The molecule has 2 amide bonds. The molecule has 0 aromatic carbocycles. The lowest BCUT2D eigenvalue weighted by Crippen LogP contribution is -2.26. The Morgan fingerprint density at radius 1 is 1.27 bits per heavy atom. The number of amides is 2. The fourth-order valence-corrected chi connectivity index (χ4v) is 4.15. The Labute approximate surface area is 193 Å². The molecule has 0 saturated heterocycles. The summed E-state index contributed by atoms with van der Waals surface area (Å²) in [5.41, 5.74) is -0.291. The third-order valence-electron chi connectivity index (χ3n) is 4.79. The Bertz CT molecular complexity index is 1040. The summed E-state index contributed by atoms with van der Waals surface area (Å²) in [5.74, 6) is -2.31. The van der Waals surface area contributed by atoms with Gasteiger partial charge in [0.1, 0.15) is 5.00 Å². The predicted molar refractivity (Wildman–Crippen MR) is 117 cm³/mol. The highest BCUT2D eigenvalue weighted by atomic mass is 32.1. The molecular formula is C21H27F3N4O4S. The Morgan fingerprint density at radius 3 is 2.42 bits per heavy atom. The molecule has 2 aromatic heterocycles. The molecule has 0 aliphatic carbocycles. The van der Waals surface area contributed by atoms with Crippen LogP contribution in [0.2, 0.25) is 0 Å². The number of hydrogen-bond donors (Lipinski definition) is 1. The highest BCUT2D eigenvalue weighted by Gasteiger charge is 2.35. The number of hydrogen-bond acceptors (Lipinski definition) is 6. The van der Waals surface area contributed by atoms with E-state index in [1.807, 2.05) is 6.92 Å². The average Bonchev–Trinajstić information content (AvgIpc) is 3.25. The number of rotatable bonds is 8. The molecule has 1 N–H and O–H groups in total. The zero-order chi connectivity index (χ0) is 25.1. The molecule has 0 aliphatic rings. The van der Waals surface area contributed by atoms with E-state index in [0.717, 1.165) is 22.1 Å². The van der Waals surface area contributed by atoms with Crippen molar-refractivity contribution >= 4 is 34.1 Å². The van der Waals surface area contributed by atoms with E-state index in [2.05, 4.69) is 10.4 Å². The van der Waals surface area contributed by atoms with Gasteiger partial charge in [0.25, 0.3) is 5.91 Å². The van der Waals surface area contributed by atoms with Crippen molar-refractivity contribution in [2.24, 2.45) is 5.92 Å². The first-order valence-electron chi connectivity index (χ1n) is 10.2. The lowest BCUT2D eigenvalue weighted by molar-refractivity contribution is -0.141. The monoisotopic (exact) mass is 488 g/mol. The maximum absolute atomic E-state index is 12.9. The van der Waals surface area contributed by atoms with E-state index in [-0.39, 0.29) is 40.2 Å². The molecule has 0 radical (unpaired) electrons. The molecule has 8 nitrogen and oxygen atoms in total. The van der Waals surface area contributed by atoms with Gasteiger partial charge in [0.05, 0.1) is 29.5 Å². The Kier molecular flexibility index (Phi) is 8.28. The minimum absolute atomic E-state index is 0.0915. The topological polar surface area (TPSA) is 93.5 Å². The highest BCUT2D eigenvalue weighted by Crippen LogP contribution is 2.35. The van der Waals surface area contributed by atoms with E-state index in [1.54, 1.807) is 21.0 Å². The fraction of sp³-hybridized carbons (Fsp3) is 0.524. The molecular weight excluding hydrogens is 461 g/mol. The van der Waals surface area contributed by atoms with Crippen molar-refractivity contribution in [1.82, 2.24) is 14.7 Å². The van der Waals surface area contributed by atoms with E-state index >= 15 is 0 Å². The molecule has 1 unspecified atom stereocenters. The number of esters is 1. The highest BCUT2D eigenvalue weighted by molar-refractivity contribution is 7.18. The molecule has 12 heteroatoms. The summed E-state index contributed by atoms with van der Waals surface area (Å²) in [4.78, 5) is 39.6. The summed E-state index contributed by atoms with van der Waals surface area (Å²) in [7, 11) is 3.14. The third kappa shape index (κ3) is 6.12. The number of thiophene rings is 1. The van der Waals surface area contributed by atoms with E-state index in [1.165, 1.54) is 18.7 Å². The van der Waals surface area contributed by atoms with Crippen molar-refractivity contribution in [1.29, 1.82) is 0 Å². The zero-order valence-corrected chi connectivity index (χ0v) is 20.1. The van der Waals surface area contributed by atoms with Crippen molar-refractivity contribution in [2.45, 2.75) is 46.8 Å². The largest absolute Gasteiger partial charge is 0.462 e. The van der Waals surface area contributed by atoms with Gasteiger partial charge in [0.2, 0.25) is 5.91 Å². The lowest BCUT2D eigenvalue weighted by atomic mass is 10.1. The van der Waals surface area contributed by atoms with Crippen LogP contribution in [0.15, 0.2) is 6.07 Å². The van der Waals surface area contributed by atoms with Crippen molar-refractivity contribution in [2.75, 3.05) is 26.0 Å². The number of alkyl halides is 3. The second-order valence-electron chi connectivity index (χ2n) is 7.84. The number of halogens is 3. The number of carbonyl (C=O) groups is 3. The molecule has 0 bridgehead atoms. The first-order valence-corrected chi connectivity index (χ1v) is 11.0. The van der Waals surface area contributed by atoms with Gasteiger partial charge in [0.15, 0.2) is 5.69 Å². The maximum atomic E-state index is 12.9. The molecule has 0 spiro atoms. The molecule has 0 aliphatic heterocycles. The average molecular weight is 489 g/mol. The number of nitrogens with one attached hydrogen (secondary N) is 1. The number of nitrogens with zero attached hydrogens (tertiary/aromatic N) is 3. The van der Waals surface area contributed by atoms with Crippen LogP contribution in [0.25, 0.3) is 0 Å². The minimum Gasteiger partial charge on any atom is -0.462 e. The molecule has 0 saturated carbocycles. The third-order valence-corrected chi connectivity index (χ3v) is 5.99. The SMILES string of the molecule is CCCOC(=O)c1c(NC(=O)C(C)Cn2nc(C(F)(F)F)cc2C)sc(C(=O)N(C)C)c1C. The van der Waals surface area contributed by atoms with Crippen LogP contribution in [0, 0.1) is 19.8 Å². The molecule has 1 atom stereocenters. The van der Waals surface area contributed by atoms with Gasteiger partial charge in [-0.2, -0.15) is 18.3 Å². The second-order valence-corrected chi connectivity index (χ2v) is 8.86. The minimum atomic E-state index is -4.58. The van der Waals surface area contributed by atoms with E-state index in [9.17, 15) is 27.6 Å². The Hall–Kier alpha value is -2.89. The van der Waals surface area contributed by atoms with Crippen LogP contribution in [0.4, 0.5) is 18.2 Å². The smallest absolute Gasteiger partial charge is 0.435 e. The van der Waals surface area contributed by atoms with Crippen molar-refractivity contribution in [3.8, 4) is 0 Å². The molecule has 0 fully saturated rings. The fourth-order valence-electron chi connectivity index (χ4n) is 2.93. The first kappa shape index (κ1) is 26.4. The standard InChI is InChI=1S/C21H27F3N4O4S/c1-7-8-32-20(31)15-13(4)16(19(30)27(5)6)33-18(15)25-17(29)11(2)10-28-12(3)9-14(26-28)21(22,23)24/h9,11H,7-8,10H2,1-6H3,(H,25,29). The van der Waals surface area contributed by atoms with Crippen molar-refractivity contribution in [3.05, 3.63) is 33.5 Å². The molecule has 2 heterocycles. The second kappa shape index (κ2) is 10.4. The number of aromatic nitrogens is 2. The van der Waals surface area contributed by atoms with E-state index < -0.39 is 29.7 Å². The van der Waals surface area contributed by atoms with Crippen LogP contribution in [0.3, 0.4) is 0 Å². The summed E-state index contributed by atoms with van der Waals surface area (Å²) in [6.45, 7) is 6.51. The predicted octanol–water partition coefficient (Wildman–Crippen LogP) is 4.12. The van der Waals surface area contributed by atoms with Crippen LogP contribution >= 0.6 is 11.3 Å². The summed E-state index contributed by atoms with van der Waals surface area (Å²) < 4.78 is 45.0. The number of anilines is 1. The van der Waals surface area contributed by atoms with Crippen LogP contribution in [0.1, 0.15) is 57.2 Å². The van der Waals surface area contributed by atoms with Gasteiger partial charge in [-0.1, -0.05) is 13.8 Å². The first-order chi connectivity index (χ1) is 15.3. The van der Waals surface area contributed by atoms with E-state index in [0.29, 0.717) is 12.0 Å². The maximum Gasteiger partial charge on any atom is 0.435 e. The number of carbonyl (C=O) groups excluding carboxylic acids is 3. The quantitative estimate of drug-likeness (QED) is 0.564. The van der Waals surface area contributed by atoms with E-state index in [4.69, 9.17) is 4.74 Å². The summed E-state index contributed by atoms with van der Waals surface area (Å²) in [6.07, 6.45) is -3.99. The van der Waals surface area contributed by atoms with Crippen molar-refractivity contribution in [3.63, 3.8) is 0 Å². The van der Waals surface area contributed by atoms with Gasteiger partial charge >= 0.3 is 12.1 Å². The van der Waals surface area contributed by atoms with Gasteiger partial charge in [-0.05, 0) is 31.9 Å². The van der Waals surface area contributed by atoms with Gasteiger partial charge < -0.3 is 15.0 Å². The lowest BCUT2D eigenvalue weighted by Gasteiger charge is -2.14. The molecule has 2 rings (SSSR count). The summed E-state index contributed by atoms with van der Waals surface area (Å²) >= 11 is 0.952. The van der Waals surface area contributed by atoms with Gasteiger partial charge in [-0.3, -0.25) is 14.3 Å². The number of ether oxygens (including phenoxy) is 1.